The fourth-order valence-corrected chi connectivity index (χ4v) is 3.70. The van der Waals surface area contributed by atoms with Crippen molar-refractivity contribution >= 4 is 51.9 Å². The van der Waals surface area contributed by atoms with Gasteiger partial charge in [0, 0.05) is 5.02 Å². The Hall–Kier alpha value is -3.15. The summed E-state index contributed by atoms with van der Waals surface area (Å²) >= 11 is 6.74. The van der Waals surface area contributed by atoms with Gasteiger partial charge in [0.15, 0.2) is 0 Å². The molecule has 1 amide bonds. The molecular formula is C21H19ClN2O5S. The van der Waals surface area contributed by atoms with Gasteiger partial charge in [-0.1, -0.05) is 23.7 Å². The molecule has 1 N–H and O–H groups in total. The summed E-state index contributed by atoms with van der Waals surface area (Å²) in [6.45, 7) is 5.16. The lowest BCUT2D eigenvalue weighted by molar-refractivity contribution is -0.112. The number of nitrogens with zero attached hydrogens (tertiary/aromatic N) is 1. The van der Waals surface area contributed by atoms with Crippen LogP contribution in [0.25, 0.3) is 6.08 Å². The Balaban J connectivity index is 2.41. The van der Waals surface area contributed by atoms with Crippen molar-refractivity contribution < 1.29 is 23.9 Å². The van der Waals surface area contributed by atoms with Gasteiger partial charge < -0.3 is 14.8 Å². The van der Waals surface area contributed by atoms with Crippen LogP contribution in [0, 0.1) is 18.3 Å². The number of ether oxygens (including phenoxy) is 2. The van der Waals surface area contributed by atoms with Crippen LogP contribution in [-0.2, 0) is 14.3 Å². The second-order valence-electron chi connectivity index (χ2n) is 5.88. The molecule has 0 atom stereocenters. The largest absolute Gasteiger partial charge is 0.462 e. The molecule has 1 aromatic heterocycles. The number of carbonyl (C=O) groups is 3. The van der Waals surface area contributed by atoms with E-state index >= 15 is 0 Å². The Bertz CT molecular complexity index is 1030. The van der Waals surface area contributed by atoms with Gasteiger partial charge in [0.05, 0.1) is 18.8 Å². The van der Waals surface area contributed by atoms with Crippen LogP contribution in [-0.4, -0.2) is 31.1 Å². The van der Waals surface area contributed by atoms with E-state index in [1.54, 1.807) is 45.0 Å². The summed E-state index contributed by atoms with van der Waals surface area (Å²) in [7, 11) is 0. The van der Waals surface area contributed by atoms with E-state index in [1.165, 1.54) is 6.08 Å². The van der Waals surface area contributed by atoms with Crippen molar-refractivity contribution in [1.82, 2.24) is 0 Å². The van der Waals surface area contributed by atoms with Gasteiger partial charge in [-0.15, -0.1) is 11.3 Å². The van der Waals surface area contributed by atoms with Crippen molar-refractivity contribution in [3.63, 3.8) is 0 Å². The summed E-state index contributed by atoms with van der Waals surface area (Å²) in [6, 6.07) is 8.42. The normalized spacial score (nSPS) is 10.8. The number of anilines is 1. The SMILES string of the molecule is CCOC(=O)c1sc(NC(=O)/C(C#N)=C/c2ccc(Cl)cc2)c(C(=O)OCC)c1C. The van der Waals surface area contributed by atoms with Gasteiger partial charge in [0.1, 0.15) is 21.5 Å². The zero-order valence-electron chi connectivity index (χ0n) is 16.6. The van der Waals surface area contributed by atoms with Crippen LogP contribution in [0.5, 0.6) is 0 Å². The Morgan fingerprint density at radius 2 is 1.73 bits per heavy atom. The summed E-state index contributed by atoms with van der Waals surface area (Å²) in [5.74, 6) is -2.02. The maximum absolute atomic E-state index is 12.7. The molecule has 7 nitrogen and oxygen atoms in total. The fraction of sp³-hybridized carbons (Fsp3) is 0.238. The molecular weight excluding hydrogens is 428 g/mol. The van der Waals surface area contributed by atoms with E-state index in [0.29, 0.717) is 16.1 Å². The first kappa shape index (κ1) is 23.1. The third kappa shape index (κ3) is 5.47. The molecule has 0 unspecified atom stereocenters. The average molecular weight is 447 g/mol. The van der Waals surface area contributed by atoms with Crippen LogP contribution in [0.2, 0.25) is 5.02 Å². The lowest BCUT2D eigenvalue weighted by Gasteiger charge is -2.06. The zero-order chi connectivity index (χ0) is 22.3. The van der Waals surface area contributed by atoms with E-state index in [1.807, 2.05) is 6.07 Å². The van der Waals surface area contributed by atoms with Gasteiger partial charge in [-0.3, -0.25) is 4.79 Å². The molecule has 9 heteroatoms. The van der Waals surface area contributed by atoms with E-state index in [0.717, 1.165) is 11.3 Å². The molecule has 0 spiro atoms. The van der Waals surface area contributed by atoms with Gasteiger partial charge in [0.2, 0.25) is 0 Å². The van der Waals surface area contributed by atoms with Crippen LogP contribution < -0.4 is 5.32 Å². The highest BCUT2D eigenvalue weighted by molar-refractivity contribution is 7.18. The second kappa shape index (κ2) is 10.6. The monoisotopic (exact) mass is 446 g/mol. The smallest absolute Gasteiger partial charge is 0.348 e. The number of thiophene rings is 1. The molecule has 0 saturated heterocycles. The molecule has 0 bridgehead atoms. The van der Waals surface area contributed by atoms with Crippen molar-refractivity contribution in [2.24, 2.45) is 0 Å². The minimum absolute atomic E-state index is 0.0574. The summed E-state index contributed by atoms with van der Waals surface area (Å²) in [5.41, 5.74) is 0.816. The van der Waals surface area contributed by atoms with Crippen LogP contribution in [0.4, 0.5) is 5.00 Å². The zero-order valence-corrected chi connectivity index (χ0v) is 18.1. The summed E-state index contributed by atoms with van der Waals surface area (Å²) in [4.78, 5) is 37.5. The Kier molecular flexibility index (Phi) is 8.16. The third-order valence-electron chi connectivity index (χ3n) is 3.86. The topological polar surface area (TPSA) is 105 Å². The molecule has 2 rings (SSSR count). The van der Waals surface area contributed by atoms with Gasteiger partial charge in [-0.05, 0) is 50.1 Å². The number of hydrogen-bond acceptors (Lipinski definition) is 7. The van der Waals surface area contributed by atoms with Crippen molar-refractivity contribution in [3.8, 4) is 6.07 Å². The number of benzene rings is 1. The minimum Gasteiger partial charge on any atom is -0.462 e. The highest BCUT2D eigenvalue weighted by Gasteiger charge is 2.27. The number of nitrogens with one attached hydrogen (secondary N) is 1. The van der Waals surface area contributed by atoms with E-state index in [4.69, 9.17) is 21.1 Å². The van der Waals surface area contributed by atoms with Gasteiger partial charge in [-0.2, -0.15) is 5.26 Å². The number of amides is 1. The van der Waals surface area contributed by atoms with E-state index in [2.05, 4.69) is 5.32 Å². The molecule has 0 saturated carbocycles. The quantitative estimate of drug-likeness (QED) is 0.378. The molecule has 0 fully saturated rings. The van der Waals surface area contributed by atoms with E-state index in [-0.39, 0.29) is 34.2 Å². The van der Waals surface area contributed by atoms with Crippen molar-refractivity contribution in [2.45, 2.75) is 20.8 Å². The Morgan fingerprint density at radius 1 is 1.13 bits per heavy atom. The molecule has 156 valence electrons. The predicted molar refractivity (Wildman–Crippen MR) is 115 cm³/mol. The van der Waals surface area contributed by atoms with Crippen molar-refractivity contribution in [2.75, 3.05) is 18.5 Å². The second-order valence-corrected chi connectivity index (χ2v) is 7.33. The predicted octanol–water partition coefficient (Wildman–Crippen LogP) is 4.61. The van der Waals surface area contributed by atoms with Gasteiger partial charge in [-0.25, -0.2) is 9.59 Å². The van der Waals surface area contributed by atoms with Gasteiger partial charge in [0.25, 0.3) is 5.91 Å². The lowest BCUT2D eigenvalue weighted by atomic mass is 10.1. The van der Waals surface area contributed by atoms with Crippen LogP contribution in [0.15, 0.2) is 29.8 Å². The van der Waals surface area contributed by atoms with Gasteiger partial charge >= 0.3 is 11.9 Å². The molecule has 2 aromatic rings. The molecule has 1 heterocycles. The molecule has 30 heavy (non-hydrogen) atoms. The summed E-state index contributed by atoms with van der Waals surface area (Å²) in [6.07, 6.45) is 1.39. The summed E-state index contributed by atoms with van der Waals surface area (Å²) in [5, 5.41) is 12.6. The summed E-state index contributed by atoms with van der Waals surface area (Å²) < 4.78 is 10.1. The minimum atomic E-state index is -0.727. The van der Waals surface area contributed by atoms with Crippen LogP contribution in [0.3, 0.4) is 0 Å². The molecule has 0 aliphatic heterocycles. The van der Waals surface area contributed by atoms with Crippen molar-refractivity contribution in [3.05, 3.63) is 56.4 Å². The van der Waals surface area contributed by atoms with E-state index in [9.17, 15) is 19.6 Å². The molecule has 0 aliphatic rings. The number of nitriles is 1. The Labute approximate surface area is 182 Å². The molecule has 0 aliphatic carbocycles. The van der Waals surface area contributed by atoms with E-state index < -0.39 is 17.8 Å². The number of halogens is 1. The molecule has 0 radical (unpaired) electrons. The fourth-order valence-electron chi connectivity index (χ4n) is 2.49. The Morgan fingerprint density at radius 3 is 2.30 bits per heavy atom. The lowest BCUT2D eigenvalue weighted by Crippen LogP contribution is -2.16. The first-order chi connectivity index (χ1) is 14.3. The highest BCUT2D eigenvalue weighted by Crippen LogP contribution is 2.34. The maximum atomic E-state index is 12.7. The standard InChI is InChI=1S/C21H19ClN2O5S/c1-4-28-20(26)16-12(3)17(21(27)29-5-2)30-19(16)24-18(25)14(11-23)10-13-6-8-15(22)9-7-13/h6-10H,4-5H2,1-3H3,(H,24,25)/b14-10+. The first-order valence-corrected chi connectivity index (χ1v) is 10.2. The molecule has 1 aromatic carbocycles. The van der Waals surface area contributed by atoms with Crippen molar-refractivity contribution in [1.29, 1.82) is 5.26 Å². The number of hydrogen-bond donors (Lipinski definition) is 1. The highest BCUT2D eigenvalue weighted by atomic mass is 35.5. The average Bonchev–Trinajstić information content (AvgIpc) is 3.03. The van der Waals surface area contributed by atoms with Crippen LogP contribution >= 0.6 is 22.9 Å². The van der Waals surface area contributed by atoms with Crippen LogP contribution in [0.1, 0.15) is 45.0 Å². The first-order valence-electron chi connectivity index (χ1n) is 8.98. The number of rotatable bonds is 7. The maximum Gasteiger partial charge on any atom is 0.348 e. The number of esters is 2. The third-order valence-corrected chi connectivity index (χ3v) is 5.30. The number of carbonyl (C=O) groups excluding carboxylic acids is 3.